The number of carbonyl (C=O) groups is 1. The van der Waals surface area contributed by atoms with E-state index in [0.717, 1.165) is 16.9 Å². The van der Waals surface area contributed by atoms with Crippen LogP contribution in [0.25, 0.3) is 0 Å². The molecule has 3 aromatic carbocycles. The van der Waals surface area contributed by atoms with E-state index in [1.165, 1.54) is 0 Å². The number of amides is 1. The van der Waals surface area contributed by atoms with Crippen molar-refractivity contribution in [1.29, 1.82) is 0 Å². The van der Waals surface area contributed by atoms with Crippen molar-refractivity contribution in [2.24, 2.45) is 0 Å². The molecule has 0 saturated heterocycles. The third-order valence-corrected chi connectivity index (χ3v) is 4.41. The summed E-state index contributed by atoms with van der Waals surface area (Å²) in [4.78, 5) is 14.7. The van der Waals surface area contributed by atoms with Gasteiger partial charge >= 0.3 is 0 Å². The van der Waals surface area contributed by atoms with Crippen LogP contribution in [0.15, 0.2) is 84.9 Å². The molecule has 3 aromatic rings. The van der Waals surface area contributed by atoms with Crippen molar-refractivity contribution < 1.29 is 4.79 Å². The molecule has 0 bridgehead atoms. The average molecular weight is 365 g/mol. The van der Waals surface area contributed by atoms with E-state index in [1.54, 1.807) is 0 Å². The lowest BCUT2D eigenvalue weighted by molar-refractivity contribution is -0.118. The highest BCUT2D eigenvalue weighted by Crippen LogP contribution is 2.21. The summed E-state index contributed by atoms with van der Waals surface area (Å²) in [5.41, 5.74) is 2.85. The van der Waals surface area contributed by atoms with Gasteiger partial charge in [-0.1, -0.05) is 72.3 Å². The Bertz CT molecular complexity index is 837. The first-order valence-corrected chi connectivity index (χ1v) is 8.99. The quantitative estimate of drug-likeness (QED) is 0.610. The predicted octanol–water partition coefficient (Wildman–Crippen LogP) is 5.38. The molecule has 0 unspecified atom stereocenters. The molecule has 3 rings (SSSR count). The molecule has 3 nitrogen and oxygen atoms in total. The first-order chi connectivity index (χ1) is 12.7. The number of hydrogen-bond acceptors (Lipinski definition) is 2. The summed E-state index contributed by atoms with van der Waals surface area (Å²) in [5, 5.41) is 3.89. The molecule has 0 aliphatic rings. The average Bonchev–Trinajstić information content (AvgIpc) is 2.69. The lowest BCUT2D eigenvalue weighted by atomic mass is 10.2. The van der Waals surface area contributed by atoms with E-state index in [9.17, 15) is 4.79 Å². The molecule has 26 heavy (non-hydrogen) atoms. The Morgan fingerprint density at radius 2 is 1.46 bits per heavy atom. The fraction of sp³-hybridized carbons (Fsp3) is 0.136. The summed E-state index contributed by atoms with van der Waals surface area (Å²) in [6, 6.07) is 27.3. The standard InChI is InChI=1S/C22H21ClN2O/c23-20-13-7-8-14-21(20)24-16-15-22(26)25(19-11-5-2-6-12-19)17-18-9-3-1-4-10-18/h1-14,24H,15-17H2. The molecule has 0 radical (unpaired) electrons. The van der Waals surface area contributed by atoms with Crippen LogP contribution < -0.4 is 10.2 Å². The maximum atomic E-state index is 12.9. The molecule has 0 aromatic heterocycles. The SMILES string of the molecule is O=C(CCNc1ccccc1Cl)N(Cc1ccccc1)c1ccccc1. The summed E-state index contributed by atoms with van der Waals surface area (Å²) in [5.74, 6) is 0.0691. The summed E-state index contributed by atoms with van der Waals surface area (Å²) < 4.78 is 0. The van der Waals surface area contributed by atoms with Crippen molar-refractivity contribution in [3.05, 3.63) is 95.5 Å². The minimum atomic E-state index is 0.0691. The maximum absolute atomic E-state index is 12.9. The van der Waals surface area contributed by atoms with Gasteiger partial charge in [0.1, 0.15) is 0 Å². The molecule has 1 amide bonds. The zero-order chi connectivity index (χ0) is 18.2. The molecule has 1 N–H and O–H groups in total. The van der Waals surface area contributed by atoms with Crippen LogP contribution >= 0.6 is 11.6 Å². The Morgan fingerprint density at radius 3 is 2.15 bits per heavy atom. The van der Waals surface area contributed by atoms with E-state index in [1.807, 2.05) is 89.8 Å². The topological polar surface area (TPSA) is 32.3 Å². The second kappa shape index (κ2) is 9.07. The fourth-order valence-electron chi connectivity index (χ4n) is 2.74. The molecular formula is C22H21ClN2O. The summed E-state index contributed by atoms with van der Waals surface area (Å²) in [6.45, 7) is 1.08. The van der Waals surface area contributed by atoms with Gasteiger partial charge in [0.15, 0.2) is 0 Å². The number of nitrogens with one attached hydrogen (secondary N) is 1. The van der Waals surface area contributed by atoms with Gasteiger partial charge in [-0.15, -0.1) is 0 Å². The number of hydrogen-bond donors (Lipinski definition) is 1. The predicted molar refractivity (Wildman–Crippen MR) is 109 cm³/mol. The zero-order valence-electron chi connectivity index (χ0n) is 14.4. The van der Waals surface area contributed by atoms with Gasteiger partial charge in [0.05, 0.1) is 17.3 Å². The largest absolute Gasteiger partial charge is 0.383 e. The highest BCUT2D eigenvalue weighted by Gasteiger charge is 2.15. The van der Waals surface area contributed by atoms with Gasteiger partial charge in [-0.2, -0.15) is 0 Å². The number of anilines is 2. The molecule has 0 aliphatic heterocycles. The Labute approximate surface area is 159 Å². The Morgan fingerprint density at radius 1 is 0.846 bits per heavy atom. The molecule has 0 saturated carbocycles. The van der Waals surface area contributed by atoms with E-state index in [2.05, 4.69) is 5.32 Å². The first-order valence-electron chi connectivity index (χ1n) is 8.62. The number of benzene rings is 3. The number of halogens is 1. The van der Waals surface area contributed by atoms with Crippen molar-refractivity contribution in [3.8, 4) is 0 Å². The molecule has 132 valence electrons. The van der Waals surface area contributed by atoms with Crippen LogP contribution in [-0.4, -0.2) is 12.5 Å². The third kappa shape index (κ3) is 4.87. The first kappa shape index (κ1) is 18.0. The van der Waals surface area contributed by atoms with Gasteiger partial charge in [-0.25, -0.2) is 0 Å². The summed E-state index contributed by atoms with van der Waals surface area (Å²) >= 11 is 6.15. The number of carbonyl (C=O) groups excluding carboxylic acids is 1. The normalized spacial score (nSPS) is 10.3. The van der Waals surface area contributed by atoms with Crippen LogP contribution in [0, 0.1) is 0 Å². The van der Waals surface area contributed by atoms with E-state index in [-0.39, 0.29) is 5.91 Å². The van der Waals surface area contributed by atoms with E-state index in [0.29, 0.717) is 24.5 Å². The number of nitrogens with zero attached hydrogens (tertiary/aromatic N) is 1. The van der Waals surface area contributed by atoms with Crippen LogP contribution in [-0.2, 0) is 11.3 Å². The molecule has 4 heteroatoms. The van der Waals surface area contributed by atoms with Crippen molar-refractivity contribution in [2.75, 3.05) is 16.8 Å². The van der Waals surface area contributed by atoms with Crippen LogP contribution in [0.3, 0.4) is 0 Å². The van der Waals surface area contributed by atoms with Gasteiger partial charge < -0.3 is 10.2 Å². The van der Waals surface area contributed by atoms with E-state index < -0.39 is 0 Å². The molecule has 0 spiro atoms. The van der Waals surface area contributed by atoms with Crippen molar-refractivity contribution in [2.45, 2.75) is 13.0 Å². The molecular weight excluding hydrogens is 344 g/mol. The van der Waals surface area contributed by atoms with Crippen LogP contribution in [0.4, 0.5) is 11.4 Å². The zero-order valence-corrected chi connectivity index (χ0v) is 15.2. The van der Waals surface area contributed by atoms with E-state index in [4.69, 9.17) is 11.6 Å². The number of para-hydroxylation sites is 2. The van der Waals surface area contributed by atoms with Gasteiger partial charge in [0.25, 0.3) is 0 Å². The smallest absolute Gasteiger partial charge is 0.229 e. The lowest BCUT2D eigenvalue weighted by Crippen LogP contribution is -2.31. The highest BCUT2D eigenvalue weighted by molar-refractivity contribution is 6.33. The fourth-order valence-corrected chi connectivity index (χ4v) is 2.94. The van der Waals surface area contributed by atoms with Gasteiger partial charge in [0.2, 0.25) is 5.91 Å². The second-order valence-corrected chi connectivity index (χ2v) is 6.36. The summed E-state index contributed by atoms with van der Waals surface area (Å²) in [7, 11) is 0. The van der Waals surface area contributed by atoms with Crippen LogP contribution in [0.2, 0.25) is 5.02 Å². The second-order valence-electron chi connectivity index (χ2n) is 5.96. The van der Waals surface area contributed by atoms with Crippen molar-refractivity contribution in [3.63, 3.8) is 0 Å². The minimum absolute atomic E-state index is 0.0691. The monoisotopic (exact) mass is 364 g/mol. The van der Waals surface area contributed by atoms with Crippen LogP contribution in [0.5, 0.6) is 0 Å². The lowest BCUT2D eigenvalue weighted by Gasteiger charge is -2.23. The molecule has 0 aliphatic carbocycles. The van der Waals surface area contributed by atoms with Crippen molar-refractivity contribution >= 4 is 28.9 Å². The Balaban J connectivity index is 1.68. The Kier molecular flexibility index (Phi) is 6.29. The van der Waals surface area contributed by atoms with Crippen molar-refractivity contribution in [1.82, 2.24) is 0 Å². The van der Waals surface area contributed by atoms with E-state index >= 15 is 0 Å². The minimum Gasteiger partial charge on any atom is -0.383 e. The van der Waals surface area contributed by atoms with Gasteiger partial charge in [-0.3, -0.25) is 4.79 Å². The molecule has 0 fully saturated rings. The maximum Gasteiger partial charge on any atom is 0.229 e. The number of rotatable bonds is 7. The van der Waals surface area contributed by atoms with Gasteiger partial charge in [0, 0.05) is 18.7 Å². The van der Waals surface area contributed by atoms with Gasteiger partial charge in [-0.05, 0) is 29.8 Å². The summed E-state index contributed by atoms with van der Waals surface area (Å²) in [6.07, 6.45) is 0.382. The van der Waals surface area contributed by atoms with Crippen LogP contribution in [0.1, 0.15) is 12.0 Å². The molecule has 0 heterocycles. The Hall–Kier alpha value is -2.78. The third-order valence-electron chi connectivity index (χ3n) is 4.08. The highest BCUT2D eigenvalue weighted by atomic mass is 35.5. The molecule has 0 atom stereocenters.